The predicted molar refractivity (Wildman–Crippen MR) is 155 cm³/mol. The molecule has 4 rings (SSSR count). The third-order valence-electron chi connectivity index (χ3n) is 5.41. The van der Waals surface area contributed by atoms with Gasteiger partial charge in [0.25, 0.3) is 5.91 Å². The highest BCUT2D eigenvalue weighted by molar-refractivity contribution is 9.10. The number of rotatable bonds is 12. The zero-order valence-corrected chi connectivity index (χ0v) is 23.3. The van der Waals surface area contributed by atoms with Gasteiger partial charge in [0.1, 0.15) is 29.6 Å². The van der Waals surface area contributed by atoms with Gasteiger partial charge in [-0.25, -0.2) is 10.2 Å². The second-order valence-corrected chi connectivity index (χ2v) is 9.27. The molecule has 0 radical (unpaired) electrons. The Balaban J connectivity index is 1.27. The highest BCUT2D eigenvalue weighted by atomic mass is 79.9. The quantitative estimate of drug-likeness (QED) is 0.0901. The fraction of sp³-hybridized carbons (Fsp3) is 0.129. The van der Waals surface area contributed by atoms with Gasteiger partial charge in [0.2, 0.25) is 0 Å². The highest BCUT2D eigenvalue weighted by Gasteiger charge is 2.12. The molecule has 0 aromatic heterocycles. The average molecular weight is 603 g/mol. The summed E-state index contributed by atoms with van der Waals surface area (Å²) in [6.45, 7) is 2.64. The third-order valence-corrected chi connectivity index (χ3v) is 5.90. The summed E-state index contributed by atoms with van der Waals surface area (Å²) in [4.78, 5) is 24.9. The molecule has 0 aliphatic carbocycles. The van der Waals surface area contributed by atoms with Crippen molar-refractivity contribution in [2.24, 2.45) is 5.10 Å². The molecule has 0 fully saturated rings. The van der Waals surface area contributed by atoms with Gasteiger partial charge < -0.3 is 18.9 Å². The lowest BCUT2D eigenvalue weighted by Gasteiger charge is -2.09. The van der Waals surface area contributed by atoms with Crippen LogP contribution in [0.5, 0.6) is 23.0 Å². The smallest absolute Gasteiger partial charge is 0.343 e. The van der Waals surface area contributed by atoms with E-state index in [0.717, 1.165) is 10.0 Å². The van der Waals surface area contributed by atoms with Crippen LogP contribution < -0.4 is 24.4 Å². The summed E-state index contributed by atoms with van der Waals surface area (Å²) in [5.74, 6) is 1.17. The Labute approximate surface area is 240 Å². The van der Waals surface area contributed by atoms with E-state index >= 15 is 0 Å². The van der Waals surface area contributed by atoms with Crippen LogP contribution in [0.25, 0.3) is 0 Å². The number of carbonyl (C=O) groups is 2. The van der Waals surface area contributed by atoms with E-state index in [4.69, 9.17) is 18.9 Å². The minimum atomic E-state index is -0.533. The first-order valence-electron chi connectivity index (χ1n) is 12.5. The summed E-state index contributed by atoms with van der Waals surface area (Å²) in [6.07, 6.45) is 1.39. The second kappa shape index (κ2) is 14.5. The van der Waals surface area contributed by atoms with Gasteiger partial charge in [-0.1, -0.05) is 46.3 Å². The summed E-state index contributed by atoms with van der Waals surface area (Å²) in [5.41, 5.74) is 4.34. The van der Waals surface area contributed by atoms with Gasteiger partial charge >= 0.3 is 5.97 Å². The fourth-order valence-electron chi connectivity index (χ4n) is 3.45. The minimum absolute atomic E-state index is 0.236. The minimum Gasteiger partial charge on any atom is -0.494 e. The van der Waals surface area contributed by atoms with E-state index in [0.29, 0.717) is 41.6 Å². The van der Waals surface area contributed by atoms with Crippen LogP contribution in [-0.4, -0.2) is 31.3 Å². The van der Waals surface area contributed by atoms with Crippen molar-refractivity contribution >= 4 is 34.0 Å². The summed E-state index contributed by atoms with van der Waals surface area (Å²) < 4.78 is 23.0. The molecule has 0 aliphatic heterocycles. The van der Waals surface area contributed by atoms with Crippen LogP contribution in [0.1, 0.15) is 28.4 Å². The van der Waals surface area contributed by atoms with E-state index < -0.39 is 11.9 Å². The summed E-state index contributed by atoms with van der Waals surface area (Å²) >= 11 is 3.40. The van der Waals surface area contributed by atoms with E-state index in [2.05, 4.69) is 26.5 Å². The zero-order chi connectivity index (χ0) is 28.2. The highest BCUT2D eigenvalue weighted by Crippen LogP contribution is 2.23. The molecule has 4 aromatic carbocycles. The Morgan fingerprint density at radius 1 is 0.825 bits per heavy atom. The van der Waals surface area contributed by atoms with Gasteiger partial charge in [-0.15, -0.1) is 0 Å². The van der Waals surface area contributed by atoms with E-state index in [-0.39, 0.29) is 12.4 Å². The lowest BCUT2D eigenvalue weighted by atomic mass is 10.2. The predicted octanol–water partition coefficient (Wildman–Crippen LogP) is 6.18. The van der Waals surface area contributed by atoms with Crippen LogP contribution in [0, 0.1) is 0 Å². The molecule has 204 valence electrons. The van der Waals surface area contributed by atoms with Gasteiger partial charge in [-0.2, -0.15) is 5.10 Å². The standard InChI is InChI=1S/C31H27BrN2O6/c1-2-37-26-11-8-23(9-12-26)31(36)40-29-17-10-25(32)18-24(29)19-33-34-30(35)21-39-28-15-13-27(14-16-28)38-20-22-6-4-3-5-7-22/h3-19H,2,20-21H2,1H3,(H,34,35)/b33-19-. The van der Waals surface area contributed by atoms with Crippen molar-refractivity contribution in [3.63, 3.8) is 0 Å². The number of hydrazone groups is 1. The van der Waals surface area contributed by atoms with Gasteiger partial charge in [-0.05, 0) is 79.2 Å². The number of hydrogen-bond donors (Lipinski definition) is 1. The third kappa shape index (κ3) is 8.71. The van der Waals surface area contributed by atoms with E-state index in [9.17, 15) is 9.59 Å². The zero-order valence-electron chi connectivity index (χ0n) is 21.7. The van der Waals surface area contributed by atoms with Crippen LogP contribution in [0.3, 0.4) is 0 Å². The van der Waals surface area contributed by atoms with Crippen molar-refractivity contribution in [3.05, 3.63) is 118 Å². The number of nitrogens with one attached hydrogen (secondary N) is 1. The lowest BCUT2D eigenvalue weighted by Crippen LogP contribution is -2.24. The van der Waals surface area contributed by atoms with Gasteiger partial charge in [0, 0.05) is 10.0 Å². The normalized spacial score (nSPS) is 10.7. The molecule has 8 nitrogen and oxygen atoms in total. The van der Waals surface area contributed by atoms with Crippen LogP contribution in [0.2, 0.25) is 0 Å². The Bertz CT molecular complexity index is 1440. The van der Waals surface area contributed by atoms with Gasteiger partial charge in [0.05, 0.1) is 18.4 Å². The maximum Gasteiger partial charge on any atom is 0.343 e. The molecule has 1 amide bonds. The first kappa shape index (κ1) is 28.4. The van der Waals surface area contributed by atoms with Crippen molar-refractivity contribution in [1.82, 2.24) is 5.43 Å². The molecular formula is C31H27BrN2O6. The molecule has 1 N–H and O–H groups in total. The number of amides is 1. The van der Waals surface area contributed by atoms with E-state index in [1.165, 1.54) is 6.21 Å². The number of nitrogens with zero attached hydrogens (tertiary/aromatic N) is 1. The lowest BCUT2D eigenvalue weighted by molar-refractivity contribution is -0.123. The second-order valence-electron chi connectivity index (χ2n) is 8.36. The molecule has 40 heavy (non-hydrogen) atoms. The number of benzene rings is 4. The SMILES string of the molecule is CCOc1ccc(C(=O)Oc2ccc(Br)cc2/C=N\NC(=O)COc2ccc(OCc3ccccc3)cc2)cc1. The Kier molecular flexibility index (Phi) is 10.3. The first-order valence-corrected chi connectivity index (χ1v) is 13.3. The Hall–Kier alpha value is -4.63. The van der Waals surface area contributed by atoms with Crippen molar-refractivity contribution in [1.29, 1.82) is 0 Å². The van der Waals surface area contributed by atoms with E-state index in [1.54, 1.807) is 66.7 Å². The maximum absolute atomic E-state index is 12.6. The van der Waals surface area contributed by atoms with Crippen molar-refractivity contribution in [3.8, 4) is 23.0 Å². The van der Waals surface area contributed by atoms with Crippen molar-refractivity contribution < 1.29 is 28.5 Å². The van der Waals surface area contributed by atoms with Crippen LogP contribution >= 0.6 is 15.9 Å². The number of esters is 1. The Morgan fingerprint density at radius 2 is 1.48 bits per heavy atom. The molecule has 0 saturated heterocycles. The maximum atomic E-state index is 12.6. The van der Waals surface area contributed by atoms with Crippen LogP contribution in [-0.2, 0) is 11.4 Å². The first-order chi connectivity index (χ1) is 19.5. The molecule has 0 bridgehead atoms. The Morgan fingerprint density at radius 3 is 2.17 bits per heavy atom. The summed E-state index contributed by atoms with van der Waals surface area (Å²) in [7, 11) is 0. The van der Waals surface area contributed by atoms with Crippen molar-refractivity contribution in [2.45, 2.75) is 13.5 Å². The fourth-order valence-corrected chi connectivity index (χ4v) is 3.83. The van der Waals surface area contributed by atoms with Crippen molar-refractivity contribution in [2.75, 3.05) is 13.2 Å². The van der Waals surface area contributed by atoms with Gasteiger partial charge in [0.15, 0.2) is 6.61 Å². The number of halogens is 1. The molecule has 0 atom stereocenters. The van der Waals surface area contributed by atoms with E-state index in [1.807, 2.05) is 37.3 Å². The molecule has 0 aliphatic rings. The molecule has 0 spiro atoms. The largest absolute Gasteiger partial charge is 0.494 e. The molecule has 0 saturated carbocycles. The summed E-state index contributed by atoms with van der Waals surface area (Å²) in [6, 6.07) is 28.6. The number of ether oxygens (including phenoxy) is 4. The van der Waals surface area contributed by atoms with Gasteiger partial charge in [-0.3, -0.25) is 4.79 Å². The summed E-state index contributed by atoms with van der Waals surface area (Å²) in [5, 5.41) is 3.98. The number of hydrogen-bond acceptors (Lipinski definition) is 7. The molecular weight excluding hydrogens is 576 g/mol. The van der Waals surface area contributed by atoms with Crippen LogP contribution in [0.15, 0.2) is 107 Å². The number of carbonyl (C=O) groups excluding carboxylic acids is 2. The molecule has 9 heteroatoms. The molecule has 4 aromatic rings. The average Bonchev–Trinajstić information content (AvgIpc) is 2.98. The molecule has 0 unspecified atom stereocenters. The van der Waals surface area contributed by atoms with Crippen LogP contribution in [0.4, 0.5) is 0 Å². The molecule has 0 heterocycles. The monoisotopic (exact) mass is 602 g/mol. The topological polar surface area (TPSA) is 95.5 Å².